The molecule has 1 aliphatic heterocycles. The second-order valence-electron chi connectivity index (χ2n) is 3.86. The van der Waals surface area contributed by atoms with Crippen molar-refractivity contribution in [2.45, 2.75) is 19.3 Å². The molecule has 1 saturated heterocycles. The molecule has 0 radical (unpaired) electrons. The lowest BCUT2D eigenvalue weighted by atomic mass is 9.95. The van der Waals surface area contributed by atoms with Crippen molar-refractivity contribution in [3.63, 3.8) is 0 Å². The molecule has 0 spiro atoms. The SMILES string of the molecule is Cl.c1cnc(OCCC2CCNCC2)nc1. The number of piperidine rings is 1. The van der Waals surface area contributed by atoms with Crippen molar-refractivity contribution in [2.24, 2.45) is 5.92 Å². The first-order valence-electron chi connectivity index (χ1n) is 5.55. The zero-order valence-electron chi connectivity index (χ0n) is 9.26. The number of halogens is 1. The van der Waals surface area contributed by atoms with Gasteiger partial charge in [0.1, 0.15) is 0 Å². The van der Waals surface area contributed by atoms with Crippen LogP contribution >= 0.6 is 12.4 Å². The third-order valence-corrected chi connectivity index (χ3v) is 2.76. The van der Waals surface area contributed by atoms with Crippen LogP contribution in [0.1, 0.15) is 19.3 Å². The van der Waals surface area contributed by atoms with Crippen LogP contribution in [-0.2, 0) is 0 Å². The molecule has 0 unspecified atom stereocenters. The van der Waals surface area contributed by atoms with Crippen LogP contribution in [0.2, 0.25) is 0 Å². The highest BCUT2D eigenvalue weighted by atomic mass is 35.5. The molecule has 5 heteroatoms. The highest BCUT2D eigenvalue weighted by molar-refractivity contribution is 5.85. The highest BCUT2D eigenvalue weighted by Crippen LogP contribution is 2.15. The van der Waals surface area contributed by atoms with Crippen molar-refractivity contribution in [3.8, 4) is 6.01 Å². The fourth-order valence-electron chi connectivity index (χ4n) is 1.85. The van der Waals surface area contributed by atoms with Crippen LogP contribution in [0.3, 0.4) is 0 Å². The van der Waals surface area contributed by atoms with E-state index < -0.39 is 0 Å². The lowest BCUT2D eigenvalue weighted by Crippen LogP contribution is -2.28. The van der Waals surface area contributed by atoms with Crippen molar-refractivity contribution in [1.29, 1.82) is 0 Å². The Hall–Kier alpha value is -0.870. The molecule has 4 nitrogen and oxygen atoms in total. The Bertz CT molecular complexity index is 278. The number of hydrogen-bond donors (Lipinski definition) is 1. The molecule has 2 rings (SSSR count). The van der Waals surface area contributed by atoms with Crippen LogP contribution in [0.5, 0.6) is 6.01 Å². The topological polar surface area (TPSA) is 47.0 Å². The van der Waals surface area contributed by atoms with E-state index in [9.17, 15) is 0 Å². The second-order valence-corrected chi connectivity index (χ2v) is 3.86. The van der Waals surface area contributed by atoms with Crippen LogP contribution in [-0.4, -0.2) is 29.7 Å². The van der Waals surface area contributed by atoms with E-state index in [0.29, 0.717) is 6.01 Å². The summed E-state index contributed by atoms with van der Waals surface area (Å²) < 4.78 is 5.47. The molecule has 0 amide bonds. The minimum Gasteiger partial charge on any atom is -0.463 e. The van der Waals surface area contributed by atoms with Crippen LogP contribution in [0.25, 0.3) is 0 Å². The average Bonchev–Trinajstić information content (AvgIpc) is 2.32. The highest BCUT2D eigenvalue weighted by Gasteiger charge is 2.12. The lowest BCUT2D eigenvalue weighted by Gasteiger charge is -2.22. The number of rotatable bonds is 4. The Morgan fingerprint density at radius 2 is 1.94 bits per heavy atom. The first kappa shape index (κ1) is 13.2. The molecule has 1 fully saturated rings. The van der Waals surface area contributed by atoms with Gasteiger partial charge in [-0.2, -0.15) is 0 Å². The third-order valence-electron chi connectivity index (χ3n) is 2.76. The Kier molecular flexibility index (Phi) is 6.11. The molecule has 0 aromatic carbocycles. The van der Waals surface area contributed by atoms with Gasteiger partial charge in [0.2, 0.25) is 0 Å². The molecule has 90 valence electrons. The monoisotopic (exact) mass is 243 g/mol. The van der Waals surface area contributed by atoms with E-state index in [1.54, 1.807) is 18.5 Å². The maximum Gasteiger partial charge on any atom is 0.316 e. The summed E-state index contributed by atoms with van der Waals surface area (Å²) in [6, 6.07) is 2.28. The van der Waals surface area contributed by atoms with Gasteiger partial charge < -0.3 is 10.1 Å². The summed E-state index contributed by atoms with van der Waals surface area (Å²) >= 11 is 0. The Morgan fingerprint density at radius 3 is 2.62 bits per heavy atom. The summed E-state index contributed by atoms with van der Waals surface area (Å²) in [4.78, 5) is 8.03. The van der Waals surface area contributed by atoms with E-state index >= 15 is 0 Å². The minimum absolute atomic E-state index is 0. The molecule has 1 aromatic rings. The van der Waals surface area contributed by atoms with Crippen molar-refractivity contribution in [1.82, 2.24) is 15.3 Å². The summed E-state index contributed by atoms with van der Waals surface area (Å²) in [5, 5.41) is 3.36. The molecule has 0 bridgehead atoms. The van der Waals surface area contributed by atoms with E-state index in [4.69, 9.17) is 4.74 Å². The van der Waals surface area contributed by atoms with Gasteiger partial charge >= 0.3 is 6.01 Å². The predicted molar refractivity (Wildman–Crippen MR) is 65.0 cm³/mol. The maximum absolute atomic E-state index is 5.47. The molecule has 2 heterocycles. The largest absolute Gasteiger partial charge is 0.463 e. The summed E-state index contributed by atoms with van der Waals surface area (Å²) in [6.45, 7) is 3.02. The van der Waals surface area contributed by atoms with Gasteiger partial charge in [-0.25, -0.2) is 9.97 Å². The summed E-state index contributed by atoms with van der Waals surface area (Å²) in [5.41, 5.74) is 0. The minimum atomic E-state index is 0. The fourth-order valence-corrected chi connectivity index (χ4v) is 1.85. The van der Waals surface area contributed by atoms with Gasteiger partial charge in [0.05, 0.1) is 6.61 Å². The second kappa shape index (κ2) is 7.41. The zero-order chi connectivity index (χ0) is 10.3. The summed E-state index contributed by atoms with van der Waals surface area (Å²) in [6.07, 6.45) is 7.04. The van der Waals surface area contributed by atoms with Crippen molar-refractivity contribution in [3.05, 3.63) is 18.5 Å². The van der Waals surface area contributed by atoms with Gasteiger partial charge in [-0.05, 0) is 44.3 Å². The smallest absolute Gasteiger partial charge is 0.316 e. The zero-order valence-corrected chi connectivity index (χ0v) is 10.1. The number of hydrogen-bond acceptors (Lipinski definition) is 4. The van der Waals surface area contributed by atoms with E-state index in [1.807, 2.05) is 0 Å². The number of nitrogens with one attached hydrogen (secondary N) is 1. The van der Waals surface area contributed by atoms with Gasteiger partial charge in [0.15, 0.2) is 0 Å². The van der Waals surface area contributed by atoms with E-state index in [0.717, 1.165) is 32.0 Å². The van der Waals surface area contributed by atoms with Gasteiger partial charge in [-0.1, -0.05) is 0 Å². The fraction of sp³-hybridized carbons (Fsp3) is 0.636. The number of ether oxygens (including phenoxy) is 1. The molecule has 0 aliphatic carbocycles. The Morgan fingerprint density at radius 1 is 1.25 bits per heavy atom. The number of nitrogens with zero attached hydrogens (tertiary/aromatic N) is 2. The van der Waals surface area contributed by atoms with Crippen LogP contribution in [0.4, 0.5) is 0 Å². The summed E-state index contributed by atoms with van der Waals surface area (Å²) in [7, 11) is 0. The van der Waals surface area contributed by atoms with Crippen molar-refractivity contribution in [2.75, 3.05) is 19.7 Å². The van der Waals surface area contributed by atoms with Gasteiger partial charge in [0, 0.05) is 12.4 Å². The molecular weight excluding hydrogens is 226 g/mol. The summed E-state index contributed by atoms with van der Waals surface area (Å²) in [5.74, 6) is 0.801. The molecule has 1 N–H and O–H groups in total. The van der Waals surface area contributed by atoms with E-state index in [-0.39, 0.29) is 12.4 Å². The van der Waals surface area contributed by atoms with Crippen LogP contribution < -0.4 is 10.1 Å². The quantitative estimate of drug-likeness (QED) is 0.874. The van der Waals surface area contributed by atoms with E-state index in [2.05, 4.69) is 15.3 Å². The molecular formula is C11H18ClN3O. The van der Waals surface area contributed by atoms with Crippen LogP contribution in [0.15, 0.2) is 18.5 Å². The Labute approximate surface area is 102 Å². The number of aromatic nitrogens is 2. The first-order valence-corrected chi connectivity index (χ1v) is 5.55. The normalized spacial score (nSPS) is 16.5. The van der Waals surface area contributed by atoms with Gasteiger partial charge in [0.25, 0.3) is 0 Å². The van der Waals surface area contributed by atoms with Gasteiger partial charge in [-0.15, -0.1) is 12.4 Å². The first-order chi connectivity index (χ1) is 7.45. The lowest BCUT2D eigenvalue weighted by molar-refractivity contribution is 0.238. The van der Waals surface area contributed by atoms with Crippen molar-refractivity contribution < 1.29 is 4.74 Å². The molecule has 1 aliphatic rings. The molecule has 0 saturated carbocycles. The maximum atomic E-state index is 5.47. The van der Waals surface area contributed by atoms with Gasteiger partial charge in [-0.3, -0.25) is 0 Å². The van der Waals surface area contributed by atoms with Crippen molar-refractivity contribution >= 4 is 12.4 Å². The Balaban J connectivity index is 0.00000128. The molecule has 1 aromatic heterocycles. The molecule has 0 atom stereocenters. The van der Waals surface area contributed by atoms with E-state index in [1.165, 1.54) is 12.8 Å². The molecule has 16 heavy (non-hydrogen) atoms. The predicted octanol–water partition coefficient (Wildman–Crippen LogP) is 1.67. The standard InChI is InChI=1S/C11H17N3O.ClH/c1-5-13-11(14-6-1)15-9-4-10-2-7-12-8-3-10;/h1,5-6,10,12H,2-4,7-9H2;1H. The third kappa shape index (κ3) is 4.33. The van der Waals surface area contributed by atoms with Crippen LogP contribution in [0, 0.1) is 5.92 Å². The average molecular weight is 244 g/mol.